The maximum absolute atomic E-state index is 11.7. The molecule has 0 aliphatic heterocycles. The maximum Gasteiger partial charge on any atom is 0.137 e. The van der Waals surface area contributed by atoms with Gasteiger partial charge in [-0.1, -0.05) is 53.5 Å². The van der Waals surface area contributed by atoms with Gasteiger partial charge in [0.25, 0.3) is 0 Å². The van der Waals surface area contributed by atoms with E-state index in [1.54, 1.807) is 6.92 Å². The summed E-state index contributed by atoms with van der Waals surface area (Å²) in [6, 6.07) is 0. The zero-order chi connectivity index (χ0) is 14.3. The van der Waals surface area contributed by atoms with Crippen LogP contribution in [0.3, 0.4) is 0 Å². The highest BCUT2D eigenvalue weighted by Gasteiger charge is 2.26. The van der Waals surface area contributed by atoms with E-state index in [9.17, 15) is 4.79 Å². The Labute approximate surface area is 112 Å². The molecule has 0 saturated carbocycles. The predicted molar refractivity (Wildman–Crippen MR) is 79.2 cm³/mol. The molecule has 0 aliphatic carbocycles. The molecule has 0 unspecified atom stereocenters. The molecule has 0 amide bonds. The molecule has 0 fully saturated rings. The molecule has 2 heteroatoms. The van der Waals surface area contributed by atoms with Crippen LogP contribution in [0.1, 0.15) is 60.3 Å². The predicted octanol–water partition coefficient (Wildman–Crippen LogP) is 4.64. The second-order valence-electron chi connectivity index (χ2n) is 5.67. The second kappa shape index (κ2) is 8.23. The van der Waals surface area contributed by atoms with Crippen molar-refractivity contribution in [1.29, 1.82) is 5.41 Å². The molecule has 0 bridgehead atoms. The highest BCUT2D eigenvalue weighted by atomic mass is 16.1. The molecule has 104 valence electrons. The van der Waals surface area contributed by atoms with Crippen LogP contribution >= 0.6 is 0 Å². The van der Waals surface area contributed by atoms with Crippen LogP contribution in [0.4, 0.5) is 0 Å². The normalized spacial score (nSPS) is 14.3. The minimum Gasteiger partial charge on any atom is -0.305 e. The van der Waals surface area contributed by atoms with Gasteiger partial charge in [-0.3, -0.25) is 4.79 Å². The molecule has 0 radical (unpaired) electrons. The molecule has 0 aromatic heterocycles. The van der Waals surface area contributed by atoms with Gasteiger partial charge in [0.15, 0.2) is 0 Å². The molecule has 0 rings (SSSR count). The lowest BCUT2D eigenvalue weighted by Crippen LogP contribution is -2.26. The summed E-state index contributed by atoms with van der Waals surface area (Å²) in [7, 11) is 0. The third-order valence-corrected chi connectivity index (χ3v) is 3.56. The smallest absolute Gasteiger partial charge is 0.137 e. The number of carbonyl (C=O) groups excluding carboxylic acids is 1. The van der Waals surface area contributed by atoms with Crippen molar-refractivity contribution >= 4 is 11.5 Å². The van der Waals surface area contributed by atoms with Crippen molar-refractivity contribution in [2.75, 3.05) is 0 Å². The fourth-order valence-electron chi connectivity index (χ4n) is 2.45. The van der Waals surface area contributed by atoms with Gasteiger partial charge < -0.3 is 5.41 Å². The molecule has 0 saturated heterocycles. The monoisotopic (exact) mass is 251 g/mol. The van der Waals surface area contributed by atoms with Gasteiger partial charge in [0, 0.05) is 11.6 Å². The minimum atomic E-state index is -0.189. The number of hydrogen-bond donors (Lipinski definition) is 1. The molecule has 0 heterocycles. The molecule has 1 N–H and O–H groups in total. The van der Waals surface area contributed by atoms with Crippen molar-refractivity contribution < 1.29 is 4.79 Å². The summed E-state index contributed by atoms with van der Waals surface area (Å²) in [5.74, 6) is 0.370. The van der Waals surface area contributed by atoms with Crippen LogP contribution < -0.4 is 0 Å². The highest BCUT2D eigenvalue weighted by Crippen LogP contribution is 2.25. The number of allylic oxidation sites excluding steroid dienone is 1. The highest BCUT2D eigenvalue weighted by molar-refractivity contribution is 6.03. The van der Waals surface area contributed by atoms with Crippen molar-refractivity contribution in [2.45, 2.75) is 60.3 Å². The summed E-state index contributed by atoms with van der Waals surface area (Å²) >= 11 is 0. The first kappa shape index (κ1) is 17.1. The van der Waals surface area contributed by atoms with E-state index >= 15 is 0 Å². The van der Waals surface area contributed by atoms with Crippen LogP contribution in [0.5, 0.6) is 0 Å². The minimum absolute atomic E-state index is 0.125. The average molecular weight is 251 g/mol. The van der Waals surface area contributed by atoms with Gasteiger partial charge in [-0.15, -0.1) is 0 Å². The Morgan fingerprint density at radius 2 is 1.78 bits per heavy atom. The lowest BCUT2D eigenvalue weighted by atomic mass is 9.80. The van der Waals surface area contributed by atoms with Crippen molar-refractivity contribution in [2.24, 2.45) is 17.8 Å². The molecule has 0 aromatic rings. The van der Waals surface area contributed by atoms with Crippen LogP contribution in [0.2, 0.25) is 0 Å². The fraction of sp³-hybridized carbons (Fsp3) is 0.750. The van der Waals surface area contributed by atoms with Gasteiger partial charge in [-0.05, 0) is 30.8 Å². The maximum atomic E-state index is 11.7. The van der Waals surface area contributed by atoms with Crippen molar-refractivity contribution in [3.8, 4) is 0 Å². The van der Waals surface area contributed by atoms with E-state index in [-0.39, 0.29) is 23.5 Å². The van der Waals surface area contributed by atoms with E-state index in [0.29, 0.717) is 5.71 Å². The number of carbonyl (C=O) groups is 1. The van der Waals surface area contributed by atoms with E-state index in [0.717, 1.165) is 18.4 Å². The summed E-state index contributed by atoms with van der Waals surface area (Å²) in [6.45, 7) is 13.9. The zero-order valence-corrected chi connectivity index (χ0v) is 12.7. The van der Waals surface area contributed by atoms with Gasteiger partial charge in [0.2, 0.25) is 0 Å². The van der Waals surface area contributed by atoms with Crippen molar-refractivity contribution in [1.82, 2.24) is 0 Å². The van der Waals surface area contributed by atoms with Crippen LogP contribution in [0.15, 0.2) is 12.2 Å². The molecular weight excluding hydrogens is 222 g/mol. The third kappa shape index (κ3) is 5.16. The fourth-order valence-corrected chi connectivity index (χ4v) is 2.45. The van der Waals surface area contributed by atoms with E-state index in [1.165, 1.54) is 12.8 Å². The third-order valence-electron chi connectivity index (χ3n) is 3.56. The average Bonchev–Trinajstić information content (AvgIpc) is 2.27. The van der Waals surface area contributed by atoms with Crippen molar-refractivity contribution in [3.05, 3.63) is 12.2 Å². The lowest BCUT2D eigenvalue weighted by Gasteiger charge is -2.24. The first-order valence-corrected chi connectivity index (χ1v) is 7.10. The first-order chi connectivity index (χ1) is 8.32. The quantitative estimate of drug-likeness (QED) is 0.470. The van der Waals surface area contributed by atoms with Crippen LogP contribution in [-0.2, 0) is 4.79 Å². The standard InChI is InChI=1S/C16H29NO/c1-7-8-9-10-12(4)16(17)13(5)15(11(2)3)14(6)18/h11-12,15,17H,5,7-10H2,1-4,6H3/t12-,15-/m1/s1. The summed E-state index contributed by atoms with van der Waals surface area (Å²) in [5.41, 5.74) is 1.29. The Bertz CT molecular complexity index is 304. The Hall–Kier alpha value is -0.920. The molecule has 18 heavy (non-hydrogen) atoms. The van der Waals surface area contributed by atoms with Crippen LogP contribution in [-0.4, -0.2) is 11.5 Å². The topological polar surface area (TPSA) is 40.9 Å². The number of rotatable bonds is 9. The van der Waals surface area contributed by atoms with E-state index in [2.05, 4.69) is 20.4 Å². The second-order valence-corrected chi connectivity index (χ2v) is 5.67. The lowest BCUT2D eigenvalue weighted by molar-refractivity contribution is -0.120. The number of ketones is 1. The number of Topliss-reactive ketones (excluding diaryl/α,β-unsaturated/α-hetero) is 1. The summed E-state index contributed by atoms with van der Waals surface area (Å²) in [4.78, 5) is 11.7. The largest absolute Gasteiger partial charge is 0.305 e. The molecule has 0 spiro atoms. The zero-order valence-electron chi connectivity index (χ0n) is 12.7. The summed E-state index contributed by atoms with van der Waals surface area (Å²) in [6.07, 6.45) is 4.58. The van der Waals surface area contributed by atoms with Gasteiger partial charge >= 0.3 is 0 Å². The Morgan fingerprint density at radius 3 is 2.17 bits per heavy atom. The van der Waals surface area contributed by atoms with Crippen molar-refractivity contribution in [3.63, 3.8) is 0 Å². The molecule has 0 aromatic carbocycles. The number of unbranched alkanes of at least 4 members (excludes halogenated alkanes) is 2. The van der Waals surface area contributed by atoms with Crippen LogP contribution in [0, 0.1) is 23.2 Å². The first-order valence-electron chi connectivity index (χ1n) is 7.10. The number of hydrogen-bond acceptors (Lipinski definition) is 2. The molecular formula is C16H29NO. The molecule has 0 aliphatic rings. The SMILES string of the molecule is C=C(C(=N)[C@H](C)CCCCC)[C@H](C(C)=O)C(C)C. The summed E-state index contributed by atoms with van der Waals surface area (Å²) < 4.78 is 0. The Kier molecular flexibility index (Phi) is 7.81. The van der Waals surface area contributed by atoms with E-state index in [1.807, 2.05) is 13.8 Å². The molecule has 2 atom stereocenters. The Morgan fingerprint density at radius 1 is 1.22 bits per heavy atom. The van der Waals surface area contributed by atoms with Gasteiger partial charge in [0.05, 0.1) is 0 Å². The molecule has 2 nitrogen and oxygen atoms in total. The van der Waals surface area contributed by atoms with Crippen LogP contribution in [0.25, 0.3) is 0 Å². The van der Waals surface area contributed by atoms with E-state index in [4.69, 9.17) is 5.41 Å². The summed E-state index contributed by atoms with van der Waals surface area (Å²) in [5, 5.41) is 8.20. The number of nitrogens with one attached hydrogen (secondary N) is 1. The van der Waals surface area contributed by atoms with Gasteiger partial charge in [0.1, 0.15) is 5.78 Å². The van der Waals surface area contributed by atoms with E-state index < -0.39 is 0 Å². The van der Waals surface area contributed by atoms with Gasteiger partial charge in [-0.2, -0.15) is 0 Å². The van der Waals surface area contributed by atoms with Gasteiger partial charge in [-0.25, -0.2) is 0 Å². The Balaban J connectivity index is 4.56.